The van der Waals surface area contributed by atoms with Crippen molar-refractivity contribution in [2.45, 2.75) is 13.3 Å². The van der Waals surface area contributed by atoms with E-state index in [0.717, 1.165) is 23.4 Å². The third kappa shape index (κ3) is 5.51. The normalized spacial score (nSPS) is 10.7. The van der Waals surface area contributed by atoms with Crippen LogP contribution in [0.25, 0.3) is 0 Å². The van der Waals surface area contributed by atoms with E-state index < -0.39 is 5.97 Å². The number of aliphatic imine (C=N–C) groups is 1. The lowest BCUT2D eigenvalue weighted by Crippen LogP contribution is -2.08. The highest BCUT2D eigenvalue weighted by Gasteiger charge is 2.08. The van der Waals surface area contributed by atoms with Gasteiger partial charge in [0.25, 0.3) is 0 Å². The highest BCUT2D eigenvalue weighted by atomic mass is 16.5. The van der Waals surface area contributed by atoms with Crippen molar-refractivity contribution >= 4 is 17.9 Å². The first-order valence-corrected chi connectivity index (χ1v) is 8.74. The number of hydrogen-bond donors (Lipinski definition) is 0. The molecule has 0 aliphatic heterocycles. The van der Waals surface area contributed by atoms with Crippen LogP contribution in [0, 0.1) is 0 Å². The molecule has 1 aromatic heterocycles. The summed E-state index contributed by atoms with van der Waals surface area (Å²) < 4.78 is 10.9. The molecule has 3 rings (SSSR count). The van der Waals surface area contributed by atoms with Crippen molar-refractivity contribution in [3.05, 3.63) is 84.2 Å². The molecule has 0 aliphatic rings. The number of aromatic nitrogens is 1. The van der Waals surface area contributed by atoms with E-state index in [1.165, 1.54) is 0 Å². The number of pyridine rings is 1. The van der Waals surface area contributed by atoms with Crippen LogP contribution >= 0.6 is 0 Å². The Morgan fingerprint density at radius 2 is 1.78 bits per heavy atom. The number of carbonyl (C=O) groups excluding carboxylic acids is 1. The molecule has 0 amide bonds. The molecule has 5 heteroatoms. The van der Waals surface area contributed by atoms with Gasteiger partial charge < -0.3 is 9.47 Å². The van der Waals surface area contributed by atoms with Crippen molar-refractivity contribution in [1.29, 1.82) is 0 Å². The minimum atomic E-state index is -0.409. The second-order valence-electron chi connectivity index (χ2n) is 5.80. The number of benzene rings is 2. The summed E-state index contributed by atoms with van der Waals surface area (Å²) in [4.78, 5) is 20.6. The number of hydrogen-bond acceptors (Lipinski definition) is 5. The molecule has 0 radical (unpaired) electrons. The van der Waals surface area contributed by atoms with E-state index in [9.17, 15) is 4.79 Å². The zero-order valence-electron chi connectivity index (χ0n) is 15.0. The lowest BCUT2D eigenvalue weighted by atomic mass is 10.2. The monoisotopic (exact) mass is 360 g/mol. The van der Waals surface area contributed by atoms with Gasteiger partial charge in [-0.2, -0.15) is 0 Å². The Labute approximate surface area is 158 Å². The van der Waals surface area contributed by atoms with Crippen molar-refractivity contribution in [2.24, 2.45) is 4.99 Å². The van der Waals surface area contributed by atoms with Gasteiger partial charge in [0.15, 0.2) is 0 Å². The van der Waals surface area contributed by atoms with E-state index in [0.29, 0.717) is 17.9 Å². The predicted octanol–water partition coefficient (Wildman–Crippen LogP) is 4.84. The molecule has 0 unspecified atom stereocenters. The Hall–Kier alpha value is -3.47. The maximum Gasteiger partial charge on any atom is 0.343 e. The maximum atomic E-state index is 12.2. The topological polar surface area (TPSA) is 60.8 Å². The van der Waals surface area contributed by atoms with Crippen LogP contribution in [-0.2, 0) is 0 Å². The largest absolute Gasteiger partial charge is 0.494 e. The van der Waals surface area contributed by atoms with Crippen LogP contribution in [0.1, 0.15) is 29.3 Å². The van der Waals surface area contributed by atoms with Crippen LogP contribution in [0.15, 0.2) is 78.0 Å². The summed E-state index contributed by atoms with van der Waals surface area (Å²) >= 11 is 0. The number of carbonyl (C=O) groups is 1. The van der Waals surface area contributed by atoms with Crippen molar-refractivity contribution in [3.63, 3.8) is 0 Å². The molecule has 136 valence electrons. The van der Waals surface area contributed by atoms with E-state index in [4.69, 9.17) is 9.47 Å². The molecule has 0 atom stereocenters. The minimum Gasteiger partial charge on any atom is -0.494 e. The Balaban J connectivity index is 1.59. The number of nitrogens with zero attached hydrogens (tertiary/aromatic N) is 2. The van der Waals surface area contributed by atoms with Gasteiger partial charge in [-0.1, -0.05) is 6.92 Å². The van der Waals surface area contributed by atoms with Crippen LogP contribution in [-0.4, -0.2) is 23.8 Å². The minimum absolute atomic E-state index is 0.409. The summed E-state index contributed by atoms with van der Waals surface area (Å²) in [6, 6.07) is 17.8. The third-order valence-electron chi connectivity index (χ3n) is 3.66. The van der Waals surface area contributed by atoms with Crippen LogP contribution in [0.4, 0.5) is 5.69 Å². The average molecular weight is 360 g/mol. The van der Waals surface area contributed by atoms with Gasteiger partial charge in [0.2, 0.25) is 0 Å². The van der Waals surface area contributed by atoms with Crippen molar-refractivity contribution in [1.82, 2.24) is 4.98 Å². The van der Waals surface area contributed by atoms with Gasteiger partial charge in [0.05, 0.1) is 24.1 Å². The lowest BCUT2D eigenvalue weighted by molar-refractivity contribution is 0.0734. The van der Waals surface area contributed by atoms with Crippen LogP contribution in [0.3, 0.4) is 0 Å². The molecule has 0 bridgehead atoms. The Morgan fingerprint density at radius 1 is 1.04 bits per heavy atom. The summed E-state index contributed by atoms with van der Waals surface area (Å²) in [5, 5.41) is 0. The molecule has 3 aromatic rings. The molecule has 0 N–H and O–H groups in total. The predicted molar refractivity (Wildman–Crippen MR) is 105 cm³/mol. The van der Waals surface area contributed by atoms with E-state index in [1.807, 2.05) is 31.2 Å². The second-order valence-corrected chi connectivity index (χ2v) is 5.80. The lowest BCUT2D eigenvalue weighted by Gasteiger charge is -2.07. The van der Waals surface area contributed by atoms with Crippen molar-refractivity contribution in [3.8, 4) is 11.5 Å². The van der Waals surface area contributed by atoms with E-state index in [1.54, 1.807) is 55.0 Å². The molecule has 27 heavy (non-hydrogen) atoms. The fourth-order valence-corrected chi connectivity index (χ4v) is 2.27. The van der Waals surface area contributed by atoms with Crippen molar-refractivity contribution in [2.75, 3.05) is 6.61 Å². The summed E-state index contributed by atoms with van der Waals surface area (Å²) in [7, 11) is 0. The molecule has 0 fully saturated rings. The van der Waals surface area contributed by atoms with Crippen molar-refractivity contribution < 1.29 is 14.3 Å². The number of ether oxygens (including phenoxy) is 2. The molecule has 1 heterocycles. The molecule has 0 aliphatic carbocycles. The van der Waals surface area contributed by atoms with Gasteiger partial charge in [-0.3, -0.25) is 9.98 Å². The van der Waals surface area contributed by atoms with E-state index in [-0.39, 0.29) is 0 Å². The molecule has 2 aromatic carbocycles. The fourth-order valence-electron chi connectivity index (χ4n) is 2.27. The average Bonchev–Trinajstić information content (AvgIpc) is 2.73. The SMILES string of the molecule is CCCOc1ccc(C(=O)Oc2ccc(C=Nc3cccnc3)cc2)cc1. The number of rotatable bonds is 7. The molecular weight excluding hydrogens is 340 g/mol. The van der Waals surface area contributed by atoms with E-state index in [2.05, 4.69) is 9.98 Å². The second kappa shape index (κ2) is 9.29. The Bertz CT molecular complexity index is 889. The Morgan fingerprint density at radius 3 is 2.44 bits per heavy atom. The standard InChI is InChI=1S/C22H20N2O3/c1-2-14-26-20-11-7-18(8-12-20)22(25)27-21-9-5-17(6-10-21)15-24-19-4-3-13-23-16-19/h3-13,15-16H,2,14H2,1H3. The first kappa shape index (κ1) is 18.3. The first-order chi connectivity index (χ1) is 13.2. The summed E-state index contributed by atoms with van der Waals surface area (Å²) in [6.07, 6.45) is 6.06. The van der Waals surface area contributed by atoms with Gasteiger partial charge in [-0.15, -0.1) is 0 Å². The van der Waals surface area contributed by atoms with Crippen LogP contribution < -0.4 is 9.47 Å². The summed E-state index contributed by atoms with van der Waals surface area (Å²) in [6.45, 7) is 2.70. The summed E-state index contributed by atoms with van der Waals surface area (Å²) in [5.74, 6) is 0.810. The quantitative estimate of drug-likeness (QED) is 0.344. The van der Waals surface area contributed by atoms with Crippen LogP contribution in [0.2, 0.25) is 0 Å². The highest BCUT2D eigenvalue weighted by Crippen LogP contribution is 2.17. The molecule has 5 nitrogen and oxygen atoms in total. The van der Waals surface area contributed by atoms with Gasteiger partial charge in [-0.05, 0) is 72.6 Å². The zero-order valence-corrected chi connectivity index (χ0v) is 15.0. The van der Waals surface area contributed by atoms with E-state index >= 15 is 0 Å². The Kier molecular flexibility index (Phi) is 6.30. The van der Waals surface area contributed by atoms with Crippen LogP contribution in [0.5, 0.6) is 11.5 Å². The third-order valence-corrected chi connectivity index (χ3v) is 3.66. The molecule has 0 spiro atoms. The highest BCUT2D eigenvalue weighted by molar-refractivity contribution is 5.91. The molecular formula is C22H20N2O3. The molecule has 0 saturated heterocycles. The van der Waals surface area contributed by atoms with Gasteiger partial charge in [0, 0.05) is 12.4 Å². The van der Waals surface area contributed by atoms with Gasteiger partial charge in [-0.25, -0.2) is 4.79 Å². The smallest absolute Gasteiger partial charge is 0.343 e. The number of esters is 1. The summed E-state index contributed by atoms with van der Waals surface area (Å²) in [5.41, 5.74) is 2.15. The van der Waals surface area contributed by atoms with Gasteiger partial charge in [0.1, 0.15) is 11.5 Å². The van der Waals surface area contributed by atoms with Gasteiger partial charge >= 0.3 is 5.97 Å². The maximum absolute atomic E-state index is 12.2. The first-order valence-electron chi connectivity index (χ1n) is 8.74. The zero-order chi connectivity index (χ0) is 18.9. The molecule has 0 saturated carbocycles. The fraction of sp³-hybridized carbons (Fsp3) is 0.136.